The van der Waals surface area contributed by atoms with Crippen LogP contribution in [0.4, 0.5) is 13.2 Å². The van der Waals surface area contributed by atoms with Gasteiger partial charge in [0, 0.05) is 0 Å². The fraction of sp³-hybridized carbons (Fsp3) is 0.957. The first-order valence-electron chi connectivity index (χ1n) is 11.6. The quantitative estimate of drug-likeness (QED) is 0.523. The van der Waals surface area contributed by atoms with Crippen molar-refractivity contribution in [1.82, 2.24) is 0 Å². The third-order valence-corrected chi connectivity index (χ3v) is 7.44. The Morgan fingerprint density at radius 1 is 0.821 bits per heavy atom. The zero-order valence-corrected chi connectivity index (χ0v) is 17.5. The number of carbonyl (C=O) groups is 1. The fourth-order valence-corrected chi connectivity index (χ4v) is 5.63. The summed E-state index contributed by atoms with van der Waals surface area (Å²) in [4.78, 5) is 10.4. The van der Waals surface area contributed by atoms with E-state index in [0.29, 0.717) is 0 Å². The fourth-order valence-electron chi connectivity index (χ4n) is 5.63. The van der Waals surface area contributed by atoms with Crippen LogP contribution in [0.1, 0.15) is 103 Å². The highest BCUT2D eigenvalue weighted by molar-refractivity contribution is 5.69. The lowest BCUT2D eigenvalue weighted by atomic mass is 9.70. The van der Waals surface area contributed by atoms with Gasteiger partial charge in [-0.25, -0.2) is 0 Å². The van der Waals surface area contributed by atoms with Crippen LogP contribution in [-0.4, -0.2) is 17.3 Å². The predicted molar refractivity (Wildman–Crippen MR) is 106 cm³/mol. The third-order valence-electron chi connectivity index (χ3n) is 7.44. The van der Waals surface area contributed by atoms with Gasteiger partial charge in [-0.15, -0.1) is 0 Å². The number of rotatable bonds is 4. The lowest BCUT2D eigenvalue weighted by Gasteiger charge is -2.35. The van der Waals surface area contributed by atoms with Crippen molar-refractivity contribution in [2.75, 3.05) is 0 Å². The van der Waals surface area contributed by atoms with E-state index < -0.39 is 24.0 Å². The number of aliphatic carboxylic acids is 1. The van der Waals surface area contributed by atoms with Crippen LogP contribution in [0.5, 0.6) is 0 Å². The van der Waals surface area contributed by atoms with Crippen LogP contribution >= 0.6 is 0 Å². The van der Waals surface area contributed by atoms with Gasteiger partial charge in [0.2, 0.25) is 0 Å². The monoisotopic (exact) mass is 404 g/mol. The molecule has 28 heavy (non-hydrogen) atoms. The first-order chi connectivity index (χ1) is 13.3. The van der Waals surface area contributed by atoms with Crippen LogP contribution in [0.25, 0.3) is 0 Å². The number of alkyl halides is 3. The molecule has 1 N–H and O–H groups in total. The average Bonchev–Trinajstić information content (AvgIpc) is 2.69. The number of hydrogen-bond donors (Lipinski definition) is 1. The number of carboxylic acids is 1. The van der Waals surface area contributed by atoms with Crippen LogP contribution in [-0.2, 0) is 4.79 Å². The highest BCUT2D eigenvalue weighted by Gasteiger charge is 2.42. The van der Waals surface area contributed by atoms with Gasteiger partial charge in [-0.3, -0.25) is 4.79 Å². The van der Waals surface area contributed by atoms with E-state index in [2.05, 4.69) is 6.92 Å². The molecule has 0 aromatic rings. The van der Waals surface area contributed by atoms with Gasteiger partial charge in [0.15, 0.2) is 0 Å². The number of carboxylic acid groups (broad SMARTS) is 1. The van der Waals surface area contributed by atoms with Crippen molar-refractivity contribution in [1.29, 1.82) is 0 Å². The largest absolute Gasteiger partial charge is 0.481 e. The molecule has 3 fully saturated rings. The van der Waals surface area contributed by atoms with Crippen molar-refractivity contribution in [3.63, 3.8) is 0 Å². The molecule has 2 nitrogen and oxygen atoms in total. The average molecular weight is 405 g/mol. The van der Waals surface area contributed by atoms with Crippen LogP contribution < -0.4 is 0 Å². The molecule has 0 unspecified atom stereocenters. The molecule has 164 valence electrons. The summed E-state index contributed by atoms with van der Waals surface area (Å²) < 4.78 is 36.4. The van der Waals surface area contributed by atoms with Crippen LogP contribution in [0.2, 0.25) is 0 Å². The summed E-state index contributed by atoms with van der Waals surface area (Å²) in [6.07, 6.45) is 12.9. The first kappa shape index (κ1) is 23.5. The molecular formula is C23H39F3O2. The molecule has 5 heteroatoms. The molecule has 3 saturated carbocycles. The molecule has 0 bridgehead atoms. The molecule has 3 rings (SSSR count). The topological polar surface area (TPSA) is 37.3 Å². The lowest BCUT2D eigenvalue weighted by molar-refractivity contribution is -0.186. The van der Waals surface area contributed by atoms with E-state index in [-0.39, 0.29) is 25.7 Å². The zero-order valence-electron chi connectivity index (χ0n) is 17.5. The molecule has 0 amide bonds. The van der Waals surface area contributed by atoms with E-state index in [0.717, 1.165) is 17.8 Å². The van der Waals surface area contributed by atoms with Gasteiger partial charge in [0.05, 0.1) is 11.8 Å². The molecule has 0 radical (unpaired) electrons. The Balaban J connectivity index is 0.000000203. The van der Waals surface area contributed by atoms with Gasteiger partial charge >= 0.3 is 12.1 Å². The molecule has 0 aromatic carbocycles. The minimum absolute atomic E-state index is 0.0412. The van der Waals surface area contributed by atoms with E-state index in [9.17, 15) is 18.0 Å². The van der Waals surface area contributed by atoms with E-state index in [1.807, 2.05) is 0 Å². The summed E-state index contributed by atoms with van der Waals surface area (Å²) in [5.41, 5.74) is 0. The molecule has 0 spiro atoms. The third kappa shape index (κ3) is 7.59. The Kier molecular flexibility index (Phi) is 9.62. The van der Waals surface area contributed by atoms with E-state index >= 15 is 0 Å². The maximum atomic E-state index is 12.1. The Labute approximate surface area is 168 Å². The Hall–Kier alpha value is -0.740. The van der Waals surface area contributed by atoms with Gasteiger partial charge < -0.3 is 5.11 Å². The zero-order chi connectivity index (χ0) is 20.6. The SMILES string of the molecule is CCCC1CCC(C2CCCCC2)CC1.O=C(O)C1CCC(C(F)(F)F)CC1. The van der Waals surface area contributed by atoms with Crippen LogP contribution in [0, 0.1) is 29.6 Å². The molecule has 0 heterocycles. The Bertz CT molecular complexity index is 441. The van der Waals surface area contributed by atoms with Crippen molar-refractivity contribution in [2.45, 2.75) is 109 Å². The standard InChI is InChI=1S/C15H28.C8H11F3O2/c1-2-6-13-9-11-15(12-10-13)14-7-4-3-5-8-14;9-8(10,11)6-3-1-5(2-4-6)7(12)13/h13-15H,2-12H2,1H3;5-6H,1-4H2,(H,12,13). The second-order valence-electron chi connectivity index (χ2n) is 9.40. The molecule has 0 aliphatic heterocycles. The summed E-state index contributed by atoms with van der Waals surface area (Å²) in [5.74, 6) is 0.511. The van der Waals surface area contributed by atoms with E-state index in [1.165, 1.54) is 32.1 Å². The number of halogens is 3. The molecule has 0 saturated heterocycles. The Morgan fingerprint density at radius 3 is 1.82 bits per heavy atom. The summed E-state index contributed by atoms with van der Waals surface area (Å²) >= 11 is 0. The van der Waals surface area contributed by atoms with Gasteiger partial charge in [0.25, 0.3) is 0 Å². The molecule has 3 aliphatic carbocycles. The van der Waals surface area contributed by atoms with Crippen molar-refractivity contribution in [3.05, 3.63) is 0 Å². The van der Waals surface area contributed by atoms with Crippen molar-refractivity contribution in [3.8, 4) is 0 Å². The van der Waals surface area contributed by atoms with Gasteiger partial charge in [-0.2, -0.15) is 13.2 Å². The highest BCUT2D eigenvalue weighted by atomic mass is 19.4. The van der Waals surface area contributed by atoms with Gasteiger partial charge in [-0.05, 0) is 56.3 Å². The highest BCUT2D eigenvalue weighted by Crippen LogP contribution is 2.41. The second-order valence-corrected chi connectivity index (χ2v) is 9.40. The maximum Gasteiger partial charge on any atom is 0.391 e. The summed E-state index contributed by atoms with van der Waals surface area (Å²) in [6.45, 7) is 2.34. The van der Waals surface area contributed by atoms with Gasteiger partial charge in [0.1, 0.15) is 0 Å². The molecule has 0 aromatic heterocycles. The number of hydrogen-bond acceptors (Lipinski definition) is 1. The second kappa shape index (κ2) is 11.4. The normalized spacial score (nSPS) is 32.3. The first-order valence-corrected chi connectivity index (χ1v) is 11.6. The summed E-state index contributed by atoms with van der Waals surface area (Å²) in [7, 11) is 0. The van der Waals surface area contributed by atoms with Crippen molar-refractivity contribution >= 4 is 5.97 Å². The summed E-state index contributed by atoms with van der Waals surface area (Å²) in [5, 5.41) is 8.55. The van der Waals surface area contributed by atoms with E-state index in [4.69, 9.17) is 5.11 Å². The maximum absolute atomic E-state index is 12.1. The molecule has 3 aliphatic rings. The van der Waals surface area contributed by atoms with Crippen molar-refractivity contribution in [2.24, 2.45) is 29.6 Å². The smallest absolute Gasteiger partial charge is 0.391 e. The molecule has 0 atom stereocenters. The molecular weight excluding hydrogens is 365 g/mol. The van der Waals surface area contributed by atoms with Crippen LogP contribution in [0.3, 0.4) is 0 Å². The van der Waals surface area contributed by atoms with E-state index in [1.54, 1.807) is 38.5 Å². The summed E-state index contributed by atoms with van der Waals surface area (Å²) in [6, 6.07) is 0. The van der Waals surface area contributed by atoms with Crippen molar-refractivity contribution < 1.29 is 23.1 Å². The predicted octanol–water partition coefficient (Wildman–Crippen LogP) is 7.61. The van der Waals surface area contributed by atoms with Crippen LogP contribution in [0.15, 0.2) is 0 Å². The minimum Gasteiger partial charge on any atom is -0.481 e. The van der Waals surface area contributed by atoms with Gasteiger partial charge in [-0.1, -0.05) is 64.7 Å². The lowest BCUT2D eigenvalue weighted by Crippen LogP contribution is -2.30. The Morgan fingerprint density at radius 2 is 1.36 bits per heavy atom. The minimum atomic E-state index is -4.15.